The highest BCUT2D eigenvalue weighted by molar-refractivity contribution is 6.35. The summed E-state index contributed by atoms with van der Waals surface area (Å²) in [6, 6.07) is 4.11. The van der Waals surface area contributed by atoms with E-state index < -0.39 is 88.4 Å². The van der Waals surface area contributed by atoms with Gasteiger partial charge in [0, 0.05) is 46.4 Å². The largest absolute Gasteiger partial charge is 0.481 e. The highest BCUT2D eigenvalue weighted by Gasteiger charge is 2.75. The van der Waals surface area contributed by atoms with Crippen LogP contribution in [0, 0.1) is 28.9 Å². The number of carboxylic acids is 1. The second kappa shape index (κ2) is 9.32. The maximum atomic E-state index is 15.0. The molecule has 1 spiro atoms. The molecule has 2 N–H and O–H groups in total. The predicted octanol–water partition coefficient (Wildman–Crippen LogP) is 5.54. The zero-order valence-corrected chi connectivity index (χ0v) is 23.1. The molecule has 13 heteroatoms. The third kappa shape index (κ3) is 4.42. The van der Waals surface area contributed by atoms with Gasteiger partial charge in [0.25, 0.3) is 11.8 Å². The third-order valence-electron chi connectivity index (χ3n) is 7.65. The van der Waals surface area contributed by atoms with Crippen molar-refractivity contribution in [2.24, 2.45) is 17.3 Å². The van der Waals surface area contributed by atoms with Gasteiger partial charge in [0.05, 0.1) is 18.2 Å². The topological polar surface area (TPSA) is 90.0 Å². The number of nitrogens with zero attached hydrogens (tertiary/aromatic N) is 2. The van der Waals surface area contributed by atoms with Gasteiger partial charge in [0.1, 0.15) is 23.1 Å². The minimum Gasteiger partial charge on any atom is -0.481 e. The van der Waals surface area contributed by atoms with E-state index in [0.717, 1.165) is 11.0 Å². The van der Waals surface area contributed by atoms with Crippen molar-refractivity contribution in [3.63, 3.8) is 0 Å². The summed E-state index contributed by atoms with van der Waals surface area (Å²) in [6.07, 6.45) is -0.936. The Balaban J connectivity index is 1.74. The van der Waals surface area contributed by atoms with Crippen LogP contribution in [0.5, 0.6) is 0 Å². The lowest BCUT2D eigenvalue weighted by Crippen LogP contribution is -2.54. The lowest BCUT2D eigenvalue weighted by atomic mass is 9.73. The average Bonchev–Trinajstić information content (AvgIpc) is 3.37. The fraction of sp³-hybridized carbons (Fsp3) is 0.444. The van der Waals surface area contributed by atoms with E-state index in [4.69, 9.17) is 23.2 Å². The Morgan fingerprint density at radius 1 is 1.12 bits per heavy atom. The van der Waals surface area contributed by atoms with Crippen molar-refractivity contribution < 1.29 is 37.1 Å². The van der Waals surface area contributed by atoms with Crippen molar-refractivity contribution in [2.45, 2.75) is 44.7 Å². The number of hydrogen-bond acceptors (Lipinski definition) is 4. The molecule has 0 radical (unpaired) electrons. The van der Waals surface area contributed by atoms with Crippen LogP contribution in [-0.2, 0) is 19.9 Å². The molecule has 214 valence electrons. The Morgan fingerprint density at radius 3 is 2.33 bits per heavy atom. The van der Waals surface area contributed by atoms with Gasteiger partial charge in [-0.3, -0.25) is 19.3 Å². The summed E-state index contributed by atoms with van der Waals surface area (Å²) in [7, 11) is 0. The number of rotatable bonds is 4. The molecule has 0 saturated carbocycles. The average molecular weight is 602 g/mol. The van der Waals surface area contributed by atoms with E-state index in [9.17, 15) is 28.3 Å². The molecule has 3 heterocycles. The first-order valence-electron chi connectivity index (χ1n) is 12.4. The summed E-state index contributed by atoms with van der Waals surface area (Å²) >= 11 is 12.4. The number of nitrogens with one attached hydrogen (secondary N) is 1. The van der Waals surface area contributed by atoms with Crippen LogP contribution in [0.25, 0.3) is 0 Å². The number of halogens is 6. The Hall–Kier alpha value is -2.89. The molecule has 2 aromatic rings. The summed E-state index contributed by atoms with van der Waals surface area (Å²) in [5.41, 5.74) is -3.77. The second-order valence-corrected chi connectivity index (χ2v) is 12.6. The minimum absolute atomic E-state index is 0.00744. The van der Waals surface area contributed by atoms with Crippen LogP contribution in [0.3, 0.4) is 0 Å². The number of aliphatic carboxylic acids is 1. The molecule has 0 aromatic heterocycles. The lowest BCUT2D eigenvalue weighted by Gasteiger charge is -2.36. The Kier molecular flexibility index (Phi) is 6.67. The van der Waals surface area contributed by atoms with Gasteiger partial charge in [0.2, 0.25) is 5.91 Å². The number of amides is 2. The highest BCUT2D eigenvalue weighted by atomic mass is 35.5. The SMILES string of the molecule is CC(C)(C)CN(C(=O)[C@@H]1C2CC(F)(F)CN2[C@@]2(C(=O)Nc3c(F)cc(F)cc32)[C@@H]1C(=O)O)c1cc(Cl)cc(Cl)c1. The van der Waals surface area contributed by atoms with Crippen molar-refractivity contribution in [3.05, 3.63) is 57.6 Å². The van der Waals surface area contributed by atoms with Crippen molar-refractivity contribution in [1.29, 1.82) is 0 Å². The van der Waals surface area contributed by atoms with Gasteiger partial charge in [0.15, 0.2) is 0 Å². The lowest BCUT2D eigenvalue weighted by molar-refractivity contribution is -0.153. The number of fused-ring (bicyclic) bond motifs is 4. The molecule has 3 aliphatic rings. The number of anilines is 2. The summed E-state index contributed by atoms with van der Waals surface area (Å²) in [6.45, 7) is 4.36. The van der Waals surface area contributed by atoms with Crippen LogP contribution in [0.4, 0.5) is 28.9 Å². The van der Waals surface area contributed by atoms with Crippen molar-refractivity contribution in [1.82, 2.24) is 4.90 Å². The van der Waals surface area contributed by atoms with Gasteiger partial charge in [-0.25, -0.2) is 17.6 Å². The van der Waals surface area contributed by atoms with E-state index >= 15 is 8.78 Å². The van der Waals surface area contributed by atoms with Crippen LogP contribution in [-0.4, -0.2) is 52.8 Å². The van der Waals surface area contributed by atoms with Gasteiger partial charge < -0.3 is 15.3 Å². The molecule has 40 heavy (non-hydrogen) atoms. The Labute approximate surface area is 237 Å². The molecule has 3 aliphatic heterocycles. The first kappa shape index (κ1) is 28.6. The fourth-order valence-corrected chi connectivity index (χ4v) is 6.94. The molecule has 5 rings (SSSR count). The standard InChI is InChI=1S/C27H25Cl2F4N3O4/c1-25(2,3)10-35(15-5-12(28)4-13(29)6-15)22(37)19-18-9-26(32,33)11-36(18)27(20(19)23(38)39)16-7-14(30)8-17(31)21(16)34-24(27)40/h4-8,18-20H,9-11H2,1-3H3,(H,34,40)(H,38,39)/t18?,19-,20+,27-/m1/s1. The van der Waals surface area contributed by atoms with E-state index in [1.807, 2.05) is 20.8 Å². The smallest absolute Gasteiger partial charge is 0.310 e. The van der Waals surface area contributed by atoms with Crippen LogP contribution in [0.1, 0.15) is 32.8 Å². The Morgan fingerprint density at radius 2 is 1.75 bits per heavy atom. The van der Waals surface area contributed by atoms with E-state index in [1.54, 1.807) is 0 Å². The van der Waals surface area contributed by atoms with Gasteiger partial charge in [-0.05, 0) is 29.7 Å². The van der Waals surface area contributed by atoms with E-state index in [0.29, 0.717) is 6.07 Å². The van der Waals surface area contributed by atoms with E-state index in [1.165, 1.54) is 23.1 Å². The molecule has 0 bridgehead atoms. The first-order valence-corrected chi connectivity index (χ1v) is 13.2. The molecular formula is C27H25Cl2F4N3O4. The monoisotopic (exact) mass is 601 g/mol. The number of carbonyl (C=O) groups excluding carboxylic acids is 2. The highest BCUT2D eigenvalue weighted by Crippen LogP contribution is 2.60. The molecule has 0 aliphatic carbocycles. The number of hydrogen-bond donors (Lipinski definition) is 2. The minimum atomic E-state index is -3.41. The van der Waals surface area contributed by atoms with Gasteiger partial charge in [-0.1, -0.05) is 44.0 Å². The molecule has 7 nitrogen and oxygen atoms in total. The molecule has 2 aromatic carbocycles. The number of carboxylic acid groups (broad SMARTS) is 1. The van der Waals surface area contributed by atoms with Gasteiger partial charge in [-0.2, -0.15) is 0 Å². The van der Waals surface area contributed by atoms with Crippen molar-refractivity contribution in [2.75, 3.05) is 23.3 Å². The van der Waals surface area contributed by atoms with Crippen LogP contribution >= 0.6 is 23.2 Å². The second-order valence-electron chi connectivity index (χ2n) is 11.7. The Bertz CT molecular complexity index is 1430. The summed E-state index contributed by atoms with van der Waals surface area (Å²) in [5.74, 6) is -13.0. The first-order chi connectivity index (χ1) is 18.5. The van der Waals surface area contributed by atoms with E-state index in [-0.39, 0.29) is 22.3 Å². The summed E-state index contributed by atoms with van der Waals surface area (Å²) < 4.78 is 59.3. The van der Waals surface area contributed by atoms with Crippen molar-refractivity contribution in [3.8, 4) is 0 Å². The summed E-state index contributed by atoms with van der Waals surface area (Å²) in [4.78, 5) is 43.2. The van der Waals surface area contributed by atoms with Crippen LogP contribution in [0.15, 0.2) is 30.3 Å². The zero-order valence-electron chi connectivity index (χ0n) is 21.6. The van der Waals surface area contributed by atoms with Gasteiger partial charge in [-0.15, -0.1) is 0 Å². The maximum absolute atomic E-state index is 15.0. The van der Waals surface area contributed by atoms with Gasteiger partial charge >= 0.3 is 5.97 Å². The molecule has 2 fully saturated rings. The summed E-state index contributed by atoms with van der Waals surface area (Å²) in [5, 5.41) is 13.1. The molecule has 2 amide bonds. The third-order valence-corrected chi connectivity index (χ3v) is 8.08. The van der Waals surface area contributed by atoms with Crippen LogP contribution < -0.4 is 10.2 Å². The van der Waals surface area contributed by atoms with Crippen molar-refractivity contribution >= 4 is 52.4 Å². The normalized spacial score (nSPS) is 27.0. The quantitative estimate of drug-likeness (QED) is 0.449. The molecule has 2 saturated heterocycles. The number of alkyl halides is 2. The molecule has 1 unspecified atom stereocenters. The maximum Gasteiger partial charge on any atom is 0.310 e. The van der Waals surface area contributed by atoms with Crippen LogP contribution in [0.2, 0.25) is 10.0 Å². The predicted molar refractivity (Wildman–Crippen MR) is 140 cm³/mol. The van der Waals surface area contributed by atoms with E-state index in [2.05, 4.69) is 5.32 Å². The number of carbonyl (C=O) groups is 3. The molecule has 4 atom stereocenters. The fourth-order valence-electron chi connectivity index (χ4n) is 6.43. The number of benzene rings is 2. The molecular weight excluding hydrogens is 577 g/mol. The zero-order chi connectivity index (χ0) is 29.5.